The van der Waals surface area contributed by atoms with Gasteiger partial charge in [0.05, 0.1) is 17.8 Å². The van der Waals surface area contributed by atoms with Crippen LogP contribution in [-0.2, 0) is 13.0 Å². The number of hydrogen-bond donors (Lipinski definition) is 0. The van der Waals surface area contributed by atoms with E-state index in [1.54, 1.807) is 17.0 Å². The number of amides is 1. The summed E-state index contributed by atoms with van der Waals surface area (Å²) >= 11 is 0. The summed E-state index contributed by atoms with van der Waals surface area (Å²) in [5, 5.41) is 0. The molecule has 0 bridgehead atoms. The smallest absolute Gasteiger partial charge is 0.257 e. The molecule has 0 saturated carbocycles. The Morgan fingerprint density at radius 3 is 2.57 bits per heavy atom. The van der Waals surface area contributed by atoms with E-state index < -0.39 is 5.82 Å². The van der Waals surface area contributed by atoms with Gasteiger partial charge in [0, 0.05) is 37.7 Å². The van der Waals surface area contributed by atoms with E-state index in [4.69, 9.17) is 9.97 Å². The fourth-order valence-electron chi connectivity index (χ4n) is 3.85. The van der Waals surface area contributed by atoms with Crippen LogP contribution in [0.2, 0.25) is 0 Å². The predicted molar refractivity (Wildman–Crippen MR) is 116 cm³/mol. The molecule has 30 heavy (non-hydrogen) atoms. The van der Waals surface area contributed by atoms with Gasteiger partial charge >= 0.3 is 0 Å². The van der Waals surface area contributed by atoms with Crippen molar-refractivity contribution in [1.82, 2.24) is 14.9 Å². The van der Waals surface area contributed by atoms with Gasteiger partial charge in [0.15, 0.2) is 5.82 Å². The molecule has 0 aliphatic carbocycles. The van der Waals surface area contributed by atoms with Crippen LogP contribution in [0.1, 0.15) is 35.0 Å². The van der Waals surface area contributed by atoms with Gasteiger partial charge in [0.2, 0.25) is 0 Å². The molecule has 1 aromatic heterocycles. The van der Waals surface area contributed by atoms with Gasteiger partial charge in [0.1, 0.15) is 11.6 Å². The highest BCUT2D eigenvalue weighted by Crippen LogP contribution is 2.30. The summed E-state index contributed by atoms with van der Waals surface area (Å²) in [4.78, 5) is 26.4. The Hall–Kier alpha value is -3.28. The summed E-state index contributed by atoms with van der Waals surface area (Å²) in [7, 11) is 2.01. The molecule has 0 spiro atoms. The van der Waals surface area contributed by atoms with Crippen molar-refractivity contribution in [3.8, 4) is 11.4 Å². The van der Waals surface area contributed by atoms with E-state index in [9.17, 15) is 9.18 Å². The SMILES string of the molecule is CCCN(C)c1nc(-c2ccccc2)nc2c1CN(C(=O)c1ccccc1F)CC2. The quantitative estimate of drug-likeness (QED) is 0.635. The Bertz CT molecular complexity index is 1050. The fraction of sp³-hybridized carbons (Fsp3) is 0.292. The fourth-order valence-corrected chi connectivity index (χ4v) is 3.85. The average Bonchev–Trinajstić information content (AvgIpc) is 2.78. The molecule has 0 N–H and O–H groups in total. The van der Waals surface area contributed by atoms with Crippen LogP contribution in [0, 0.1) is 5.82 Å². The van der Waals surface area contributed by atoms with E-state index in [0.29, 0.717) is 25.3 Å². The molecule has 0 fully saturated rings. The second kappa shape index (κ2) is 8.61. The number of carbonyl (C=O) groups is 1. The average molecular weight is 404 g/mol. The van der Waals surface area contributed by atoms with Crippen LogP contribution in [-0.4, -0.2) is 40.9 Å². The first-order valence-electron chi connectivity index (χ1n) is 10.3. The molecule has 2 heterocycles. The summed E-state index contributed by atoms with van der Waals surface area (Å²) in [6.45, 7) is 3.85. The Morgan fingerprint density at radius 2 is 1.83 bits per heavy atom. The monoisotopic (exact) mass is 404 g/mol. The van der Waals surface area contributed by atoms with Gasteiger partial charge in [0.25, 0.3) is 5.91 Å². The van der Waals surface area contributed by atoms with Crippen molar-refractivity contribution in [3.05, 3.63) is 77.2 Å². The van der Waals surface area contributed by atoms with E-state index in [1.165, 1.54) is 12.1 Å². The van der Waals surface area contributed by atoms with Crippen molar-refractivity contribution >= 4 is 11.7 Å². The van der Waals surface area contributed by atoms with E-state index in [-0.39, 0.29) is 11.5 Å². The predicted octanol–water partition coefficient (Wildman–Crippen LogP) is 4.33. The first kappa shape index (κ1) is 20.0. The topological polar surface area (TPSA) is 49.3 Å². The van der Waals surface area contributed by atoms with Crippen molar-refractivity contribution in [3.63, 3.8) is 0 Å². The van der Waals surface area contributed by atoms with E-state index in [1.807, 2.05) is 37.4 Å². The van der Waals surface area contributed by atoms with Crippen LogP contribution in [0.4, 0.5) is 10.2 Å². The Morgan fingerprint density at radius 1 is 1.10 bits per heavy atom. The molecule has 0 unspecified atom stereocenters. The van der Waals surface area contributed by atoms with E-state index in [2.05, 4.69) is 11.8 Å². The van der Waals surface area contributed by atoms with Crippen LogP contribution in [0.3, 0.4) is 0 Å². The molecule has 3 aromatic rings. The second-order valence-electron chi connectivity index (χ2n) is 7.54. The standard InChI is InChI=1S/C24H25FN4O/c1-3-14-28(2)23-19-16-29(24(30)18-11-7-8-12-20(18)25)15-13-21(19)26-22(27-23)17-9-5-4-6-10-17/h4-12H,3,13-16H2,1-2H3. The largest absolute Gasteiger partial charge is 0.359 e. The second-order valence-corrected chi connectivity index (χ2v) is 7.54. The van der Waals surface area contributed by atoms with Crippen LogP contribution in [0.5, 0.6) is 0 Å². The number of halogens is 1. The Balaban J connectivity index is 1.72. The van der Waals surface area contributed by atoms with Crippen molar-refractivity contribution in [2.75, 3.05) is 25.0 Å². The van der Waals surface area contributed by atoms with Gasteiger partial charge in [-0.3, -0.25) is 4.79 Å². The third-order valence-electron chi connectivity index (χ3n) is 5.38. The lowest BCUT2D eigenvalue weighted by Gasteiger charge is -2.32. The maximum absolute atomic E-state index is 14.2. The minimum absolute atomic E-state index is 0.103. The zero-order valence-corrected chi connectivity index (χ0v) is 17.3. The maximum atomic E-state index is 14.2. The summed E-state index contributed by atoms with van der Waals surface area (Å²) in [6.07, 6.45) is 1.60. The molecule has 2 aromatic carbocycles. The van der Waals surface area contributed by atoms with Gasteiger partial charge < -0.3 is 9.80 Å². The number of fused-ring (bicyclic) bond motifs is 1. The van der Waals surface area contributed by atoms with Crippen molar-refractivity contribution < 1.29 is 9.18 Å². The lowest BCUT2D eigenvalue weighted by Crippen LogP contribution is -2.38. The van der Waals surface area contributed by atoms with Gasteiger partial charge in [-0.05, 0) is 18.6 Å². The van der Waals surface area contributed by atoms with Crippen LogP contribution in [0.15, 0.2) is 54.6 Å². The first-order valence-corrected chi connectivity index (χ1v) is 10.3. The highest BCUT2D eigenvalue weighted by Gasteiger charge is 2.28. The zero-order valence-electron chi connectivity index (χ0n) is 17.3. The number of anilines is 1. The molecule has 6 heteroatoms. The first-order chi connectivity index (χ1) is 14.6. The molecular formula is C24H25FN4O. The van der Waals surface area contributed by atoms with Crippen molar-refractivity contribution in [2.24, 2.45) is 0 Å². The summed E-state index contributed by atoms with van der Waals surface area (Å²) in [6, 6.07) is 16.1. The lowest BCUT2D eigenvalue weighted by atomic mass is 10.0. The number of hydrogen-bond acceptors (Lipinski definition) is 4. The van der Waals surface area contributed by atoms with Gasteiger partial charge in [-0.1, -0.05) is 49.4 Å². The van der Waals surface area contributed by atoms with Crippen LogP contribution >= 0.6 is 0 Å². The van der Waals surface area contributed by atoms with E-state index >= 15 is 0 Å². The highest BCUT2D eigenvalue weighted by molar-refractivity contribution is 5.94. The van der Waals surface area contributed by atoms with Crippen LogP contribution in [0.25, 0.3) is 11.4 Å². The third kappa shape index (κ3) is 3.90. The zero-order chi connectivity index (χ0) is 21.1. The van der Waals surface area contributed by atoms with Crippen LogP contribution < -0.4 is 4.90 Å². The highest BCUT2D eigenvalue weighted by atomic mass is 19.1. The Labute approximate surface area is 176 Å². The minimum Gasteiger partial charge on any atom is -0.359 e. The third-order valence-corrected chi connectivity index (χ3v) is 5.38. The molecule has 1 amide bonds. The molecule has 154 valence electrons. The molecule has 1 aliphatic rings. The van der Waals surface area contributed by atoms with Gasteiger partial charge in [-0.25, -0.2) is 14.4 Å². The lowest BCUT2D eigenvalue weighted by molar-refractivity contribution is 0.0729. The minimum atomic E-state index is -0.493. The molecule has 0 saturated heterocycles. The summed E-state index contributed by atoms with van der Waals surface area (Å²) in [5.74, 6) is 0.746. The molecule has 0 radical (unpaired) electrons. The molecule has 4 rings (SSSR count). The maximum Gasteiger partial charge on any atom is 0.257 e. The van der Waals surface area contributed by atoms with E-state index in [0.717, 1.165) is 35.6 Å². The molecule has 0 atom stereocenters. The molecular weight excluding hydrogens is 379 g/mol. The summed E-state index contributed by atoms with van der Waals surface area (Å²) < 4.78 is 14.2. The Kier molecular flexibility index (Phi) is 5.74. The van der Waals surface area contributed by atoms with Crippen molar-refractivity contribution in [1.29, 1.82) is 0 Å². The number of carbonyl (C=O) groups excluding carboxylic acids is 1. The van der Waals surface area contributed by atoms with Gasteiger partial charge in [-0.2, -0.15) is 0 Å². The summed E-state index contributed by atoms with van der Waals surface area (Å²) in [5.41, 5.74) is 2.98. The van der Waals surface area contributed by atoms with Gasteiger partial charge in [-0.15, -0.1) is 0 Å². The normalized spacial score (nSPS) is 13.1. The van der Waals surface area contributed by atoms with Crippen molar-refractivity contribution in [2.45, 2.75) is 26.3 Å². The number of rotatable bonds is 5. The number of aromatic nitrogens is 2. The molecule has 5 nitrogen and oxygen atoms in total. The number of benzene rings is 2. The number of nitrogens with zero attached hydrogens (tertiary/aromatic N) is 4. The molecule has 1 aliphatic heterocycles.